The van der Waals surface area contributed by atoms with E-state index in [4.69, 9.17) is 8.37 Å². The van der Waals surface area contributed by atoms with Crippen molar-refractivity contribution in [3.05, 3.63) is 108 Å². The minimum absolute atomic E-state index is 0. The van der Waals surface area contributed by atoms with Gasteiger partial charge in [0, 0.05) is 0 Å². The average molecular weight is 691 g/mol. The molecule has 0 amide bonds. The molecule has 0 fully saturated rings. The van der Waals surface area contributed by atoms with E-state index in [0.29, 0.717) is 11.1 Å². The van der Waals surface area contributed by atoms with Gasteiger partial charge in [0.25, 0.3) is 0 Å². The largest absolute Gasteiger partial charge is 2.00 e. The monoisotopic (exact) mass is 688 g/mol. The van der Waals surface area contributed by atoms with E-state index in [2.05, 4.69) is 0 Å². The molecule has 0 aliphatic heterocycles. The summed E-state index contributed by atoms with van der Waals surface area (Å²) in [6, 6.07) is 24.9. The van der Waals surface area contributed by atoms with Crippen LogP contribution in [0.5, 0.6) is 23.0 Å². The predicted molar refractivity (Wildman–Crippen MR) is 134 cm³/mol. The van der Waals surface area contributed by atoms with Gasteiger partial charge in [-0.3, -0.25) is 0 Å². The number of halogens is 2. The Morgan fingerprint density at radius 3 is 1.10 bits per heavy atom. The first-order valence-electron chi connectivity index (χ1n) is 10.6. The Morgan fingerprint density at radius 2 is 0.795 bits per heavy atom. The molecule has 8 nitrogen and oxygen atoms in total. The van der Waals surface area contributed by atoms with Crippen molar-refractivity contribution in [2.75, 3.05) is 0 Å². The SMILES string of the molecule is Cc1ccccc1S(=O)(=O)Oc1ccccc1O.Cc1ccccc1S(=O)(=O)Oc1ccccc1O.[Cl-].[Cl-].[Zr+2]. The second kappa shape index (κ2) is 15.9. The summed E-state index contributed by atoms with van der Waals surface area (Å²) in [5.74, 6) is -0.592. The molecule has 0 atom stereocenters. The molecule has 0 aliphatic rings. The molecule has 206 valence electrons. The van der Waals surface area contributed by atoms with E-state index in [1.807, 2.05) is 0 Å². The molecule has 4 aromatic rings. The number of rotatable bonds is 6. The number of phenols is 2. The van der Waals surface area contributed by atoms with Crippen LogP contribution in [-0.4, -0.2) is 27.0 Å². The third-order valence-corrected chi connectivity index (χ3v) is 7.65. The maximum Gasteiger partial charge on any atom is 2.00 e. The van der Waals surface area contributed by atoms with Gasteiger partial charge in [-0.05, 0) is 61.4 Å². The van der Waals surface area contributed by atoms with Gasteiger partial charge in [0.05, 0.1) is 0 Å². The van der Waals surface area contributed by atoms with Gasteiger partial charge in [0.1, 0.15) is 9.79 Å². The van der Waals surface area contributed by atoms with E-state index in [-0.39, 0.29) is 83.8 Å². The van der Waals surface area contributed by atoms with Crippen LogP contribution in [-0.2, 0) is 46.4 Å². The first-order valence-corrected chi connectivity index (χ1v) is 13.4. The molecular weight excluding hydrogens is 667 g/mol. The number of phenolic OH excluding ortho intramolecular Hbond substituents is 2. The maximum atomic E-state index is 12.0. The molecule has 2 N–H and O–H groups in total. The van der Waals surface area contributed by atoms with Gasteiger partial charge in [-0.2, -0.15) is 16.8 Å². The van der Waals surface area contributed by atoms with Crippen LogP contribution < -0.4 is 33.2 Å². The molecule has 39 heavy (non-hydrogen) atoms. The number of benzene rings is 4. The Kier molecular flexibility index (Phi) is 14.8. The van der Waals surface area contributed by atoms with Crippen LogP contribution >= 0.6 is 0 Å². The summed E-state index contributed by atoms with van der Waals surface area (Å²) >= 11 is 0. The van der Waals surface area contributed by atoms with Gasteiger partial charge in [-0.25, -0.2) is 0 Å². The molecule has 13 heteroatoms. The number of hydrogen-bond acceptors (Lipinski definition) is 8. The molecule has 0 saturated heterocycles. The van der Waals surface area contributed by atoms with Crippen LogP contribution in [0.1, 0.15) is 11.1 Å². The third-order valence-electron chi connectivity index (χ3n) is 4.86. The van der Waals surface area contributed by atoms with Crippen molar-refractivity contribution >= 4 is 20.2 Å². The molecule has 0 bridgehead atoms. The summed E-state index contributed by atoms with van der Waals surface area (Å²) in [7, 11) is -7.85. The van der Waals surface area contributed by atoms with E-state index >= 15 is 0 Å². The molecule has 4 aromatic carbocycles. The van der Waals surface area contributed by atoms with Crippen molar-refractivity contribution in [3.63, 3.8) is 0 Å². The fourth-order valence-electron chi connectivity index (χ4n) is 3.06. The molecule has 0 aliphatic carbocycles. The Balaban J connectivity index is 0.000000688. The Hall–Kier alpha value is -2.56. The number of para-hydroxylation sites is 4. The fraction of sp³-hybridized carbons (Fsp3) is 0.0769. The average Bonchev–Trinajstić information content (AvgIpc) is 2.83. The predicted octanol–water partition coefficient (Wildman–Crippen LogP) is -1.06. The second-order valence-corrected chi connectivity index (χ2v) is 10.6. The topological polar surface area (TPSA) is 127 Å². The van der Waals surface area contributed by atoms with Crippen molar-refractivity contribution < 1.29 is 86.4 Å². The summed E-state index contributed by atoms with van der Waals surface area (Å²) in [5.41, 5.74) is 1.18. The van der Waals surface area contributed by atoms with Crippen LogP contribution in [0.2, 0.25) is 0 Å². The summed E-state index contributed by atoms with van der Waals surface area (Å²) in [5, 5.41) is 19.0. The zero-order valence-electron chi connectivity index (χ0n) is 20.7. The van der Waals surface area contributed by atoms with Gasteiger partial charge in [0.2, 0.25) is 0 Å². The molecule has 0 radical (unpaired) electrons. The fourth-order valence-corrected chi connectivity index (χ4v) is 5.40. The zero-order valence-corrected chi connectivity index (χ0v) is 26.3. The molecular formula is C26H24Cl2O8S2Zr. The van der Waals surface area contributed by atoms with E-state index in [1.165, 1.54) is 36.4 Å². The van der Waals surface area contributed by atoms with Gasteiger partial charge in [0.15, 0.2) is 23.0 Å². The maximum absolute atomic E-state index is 12.0. The van der Waals surface area contributed by atoms with Gasteiger partial charge >= 0.3 is 46.4 Å². The molecule has 0 aromatic heterocycles. The molecule has 0 unspecified atom stereocenters. The van der Waals surface area contributed by atoms with Gasteiger partial charge in [-0.15, -0.1) is 0 Å². The Morgan fingerprint density at radius 1 is 0.513 bits per heavy atom. The standard InChI is InChI=1S/2C13H12O4S.2ClH.Zr/c2*1-10-6-2-5-9-13(10)18(15,16)17-12-8-4-3-7-11(12)14;;;/h2*2-9,14H,1H3;2*1H;/q;;;;+2/p-2. The van der Waals surface area contributed by atoms with Gasteiger partial charge in [-0.1, -0.05) is 60.7 Å². The van der Waals surface area contributed by atoms with Gasteiger partial charge < -0.3 is 43.4 Å². The summed E-state index contributed by atoms with van der Waals surface area (Å²) in [4.78, 5) is 0.182. The van der Waals surface area contributed by atoms with Crippen LogP contribution in [0.4, 0.5) is 0 Å². The first kappa shape index (κ1) is 36.4. The number of aromatic hydroxyl groups is 2. The van der Waals surface area contributed by atoms with Crippen LogP contribution in [0.15, 0.2) is 107 Å². The number of aryl methyl sites for hydroxylation is 2. The van der Waals surface area contributed by atoms with E-state index in [9.17, 15) is 27.0 Å². The smallest absolute Gasteiger partial charge is 1.00 e. The normalized spacial score (nSPS) is 10.3. The Labute approximate surface area is 259 Å². The van der Waals surface area contributed by atoms with E-state index < -0.39 is 20.2 Å². The summed E-state index contributed by atoms with van der Waals surface area (Å²) < 4.78 is 58.0. The summed E-state index contributed by atoms with van der Waals surface area (Å²) in [6.07, 6.45) is 0. The second-order valence-electron chi connectivity index (χ2n) is 7.54. The Bertz CT molecular complexity index is 1460. The van der Waals surface area contributed by atoms with Crippen LogP contribution in [0.3, 0.4) is 0 Å². The minimum atomic E-state index is -3.93. The first-order chi connectivity index (χ1) is 17.0. The van der Waals surface area contributed by atoms with E-state index in [0.717, 1.165) is 0 Å². The molecule has 0 saturated carbocycles. The molecule has 0 spiro atoms. The van der Waals surface area contributed by atoms with Crippen molar-refractivity contribution in [2.24, 2.45) is 0 Å². The minimum Gasteiger partial charge on any atom is -1.00 e. The van der Waals surface area contributed by atoms with E-state index in [1.54, 1.807) is 74.5 Å². The summed E-state index contributed by atoms with van der Waals surface area (Å²) in [6.45, 7) is 3.36. The van der Waals surface area contributed by atoms with Crippen molar-refractivity contribution in [3.8, 4) is 23.0 Å². The number of hydrogen-bond donors (Lipinski definition) is 2. The van der Waals surface area contributed by atoms with Crippen molar-refractivity contribution in [1.82, 2.24) is 0 Å². The zero-order chi connectivity index (χ0) is 26.3. The third kappa shape index (κ3) is 9.85. The van der Waals surface area contributed by atoms with Crippen LogP contribution in [0, 0.1) is 13.8 Å². The van der Waals surface area contributed by atoms with Crippen molar-refractivity contribution in [1.29, 1.82) is 0 Å². The van der Waals surface area contributed by atoms with Crippen molar-refractivity contribution in [2.45, 2.75) is 23.6 Å². The molecule has 0 heterocycles. The van der Waals surface area contributed by atoms with Crippen LogP contribution in [0.25, 0.3) is 0 Å². The quantitative estimate of drug-likeness (QED) is 0.246. The molecule has 4 rings (SSSR count).